The second-order valence-electron chi connectivity index (χ2n) is 4.65. The summed E-state index contributed by atoms with van der Waals surface area (Å²) < 4.78 is 5.27. The molecule has 1 heterocycles. The van der Waals surface area contributed by atoms with Gasteiger partial charge in [-0.1, -0.05) is 0 Å². The molecule has 0 aromatic carbocycles. The van der Waals surface area contributed by atoms with Crippen LogP contribution in [0, 0.1) is 0 Å². The molecule has 17 heavy (non-hydrogen) atoms. The van der Waals surface area contributed by atoms with Gasteiger partial charge in [-0.25, -0.2) is 0 Å². The smallest absolute Gasteiger partial charge is 0.141 e. The quantitative estimate of drug-likeness (QED) is 0.748. The summed E-state index contributed by atoms with van der Waals surface area (Å²) in [6, 6.07) is 3.23. The van der Waals surface area contributed by atoms with Gasteiger partial charge in [-0.05, 0) is 25.8 Å². The van der Waals surface area contributed by atoms with Gasteiger partial charge in [0.05, 0.1) is 13.3 Å². The Morgan fingerprint density at radius 1 is 1.53 bits per heavy atom. The zero-order chi connectivity index (χ0) is 12.1. The summed E-state index contributed by atoms with van der Waals surface area (Å²) in [6.07, 6.45) is 6.23. The summed E-state index contributed by atoms with van der Waals surface area (Å²) in [5.74, 6) is 0.849. The average Bonchev–Trinajstić information content (AvgIpc) is 3.18. The Morgan fingerprint density at radius 3 is 3.06 bits per heavy atom. The molecule has 0 spiro atoms. The molecule has 0 aliphatic heterocycles. The van der Waals surface area contributed by atoms with E-state index in [0.29, 0.717) is 6.04 Å². The maximum absolute atomic E-state index is 5.27. The highest BCUT2D eigenvalue weighted by Crippen LogP contribution is 2.18. The lowest BCUT2D eigenvalue weighted by Crippen LogP contribution is -2.36. The Labute approximate surface area is 103 Å². The first kappa shape index (κ1) is 12.3. The van der Waals surface area contributed by atoms with Crippen LogP contribution >= 0.6 is 0 Å². The first-order valence-electron chi connectivity index (χ1n) is 6.23. The summed E-state index contributed by atoms with van der Waals surface area (Å²) in [5.41, 5.74) is 1.15. The molecule has 1 aliphatic carbocycles. The van der Waals surface area contributed by atoms with Crippen LogP contribution < -0.4 is 15.4 Å². The topological polar surface area (TPSA) is 46.2 Å². The van der Waals surface area contributed by atoms with Gasteiger partial charge in [0, 0.05) is 36.9 Å². The number of aromatic nitrogens is 1. The first-order chi connectivity index (χ1) is 8.29. The number of nitrogens with one attached hydrogen (secondary N) is 2. The third-order valence-electron chi connectivity index (χ3n) is 3.02. The molecule has 0 radical (unpaired) electrons. The molecule has 0 bridgehead atoms. The molecule has 2 rings (SSSR count). The van der Waals surface area contributed by atoms with Crippen molar-refractivity contribution in [2.45, 2.75) is 38.4 Å². The van der Waals surface area contributed by atoms with Crippen molar-refractivity contribution in [3.8, 4) is 5.75 Å². The fourth-order valence-corrected chi connectivity index (χ4v) is 1.73. The standard InChI is InChI=1S/C13H21N3O/c1-10(7-16-12-3-4-12)15-8-11-5-6-14-9-13(11)17-2/h5-6,9-10,12,15-16H,3-4,7-8H2,1-2H3. The van der Waals surface area contributed by atoms with Crippen LogP contribution in [-0.4, -0.2) is 30.7 Å². The first-order valence-corrected chi connectivity index (χ1v) is 6.23. The minimum absolute atomic E-state index is 0.466. The zero-order valence-electron chi connectivity index (χ0n) is 10.6. The molecule has 4 nitrogen and oxygen atoms in total. The zero-order valence-corrected chi connectivity index (χ0v) is 10.6. The van der Waals surface area contributed by atoms with Gasteiger partial charge in [-0.15, -0.1) is 0 Å². The van der Waals surface area contributed by atoms with E-state index in [1.807, 2.05) is 6.07 Å². The van der Waals surface area contributed by atoms with Crippen LogP contribution in [-0.2, 0) is 6.54 Å². The third kappa shape index (κ3) is 3.98. The van der Waals surface area contributed by atoms with Gasteiger partial charge in [-0.2, -0.15) is 0 Å². The largest absolute Gasteiger partial charge is 0.495 e. The summed E-state index contributed by atoms with van der Waals surface area (Å²) in [6.45, 7) is 4.04. The molecule has 0 saturated heterocycles. The van der Waals surface area contributed by atoms with Crippen molar-refractivity contribution in [3.05, 3.63) is 24.0 Å². The molecular weight excluding hydrogens is 214 g/mol. The lowest BCUT2D eigenvalue weighted by molar-refractivity contribution is 0.402. The van der Waals surface area contributed by atoms with Gasteiger partial charge in [0.25, 0.3) is 0 Å². The van der Waals surface area contributed by atoms with Gasteiger partial charge in [0.15, 0.2) is 0 Å². The molecule has 4 heteroatoms. The Bertz CT molecular complexity index is 352. The van der Waals surface area contributed by atoms with Crippen molar-refractivity contribution in [1.29, 1.82) is 0 Å². The summed E-state index contributed by atoms with van der Waals surface area (Å²) in [7, 11) is 1.68. The Kier molecular flexibility index (Phi) is 4.34. The molecule has 1 atom stereocenters. The van der Waals surface area contributed by atoms with E-state index in [0.717, 1.165) is 30.4 Å². The van der Waals surface area contributed by atoms with Crippen LogP contribution in [0.2, 0.25) is 0 Å². The minimum Gasteiger partial charge on any atom is -0.495 e. The molecule has 94 valence electrons. The predicted octanol–water partition coefficient (Wildman–Crippen LogP) is 1.32. The normalized spacial score (nSPS) is 16.8. The molecule has 1 aromatic heterocycles. The number of pyridine rings is 1. The Hall–Kier alpha value is -1.13. The monoisotopic (exact) mass is 235 g/mol. The van der Waals surface area contributed by atoms with E-state index < -0.39 is 0 Å². The van der Waals surface area contributed by atoms with Crippen LogP contribution in [0.15, 0.2) is 18.5 Å². The van der Waals surface area contributed by atoms with Gasteiger partial charge in [0.2, 0.25) is 0 Å². The molecule has 1 aromatic rings. The molecule has 1 aliphatic rings. The number of rotatable bonds is 7. The predicted molar refractivity (Wildman–Crippen MR) is 68.1 cm³/mol. The Morgan fingerprint density at radius 2 is 2.35 bits per heavy atom. The summed E-state index contributed by atoms with van der Waals surface area (Å²) in [4.78, 5) is 4.05. The van der Waals surface area contributed by atoms with Crippen molar-refractivity contribution in [2.24, 2.45) is 0 Å². The van der Waals surface area contributed by atoms with Crippen LogP contribution in [0.4, 0.5) is 0 Å². The highest BCUT2D eigenvalue weighted by Gasteiger charge is 2.20. The summed E-state index contributed by atoms with van der Waals surface area (Å²) >= 11 is 0. The molecule has 1 fully saturated rings. The molecule has 0 amide bonds. The Balaban J connectivity index is 1.75. The minimum atomic E-state index is 0.466. The fourth-order valence-electron chi connectivity index (χ4n) is 1.73. The lowest BCUT2D eigenvalue weighted by Gasteiger charge is -2.15. The van der Waals surface area contributed by atoms with Gasteiger partial charge < -0.3 is 15.4 Å². The van der Waals surface area contributed by atoms with Gasteiger partial charge in [-0.3, -0.25) is 4.98 Å². The fraction of sp³-hybridized carbons (Fsp3) is 0.615. The van der Waals surface area contributed by atoms with Crippen LogP contribution in [0.5, 0.6) is 5.75 Å². The summed E-state index contributed by atoms with van der Waals surface area (Å²) in [5, 5.41) is 7.00. The van der Waals surface area contributed by atoms with E-state index in [1.54, 1.807) is 19.5 Å². The van der Waals surface area contributed by atoms with E-state index in [2.05, 4.69) is 22.5 Å². The molecule has 1 unspecified atom stereocenters. The maximum Gasteiger partial charge on any atom is 0.141 e. The van der Waals surface area contributed by atoms with Crippen molar-refractivity contribution < 1.29 is 4.74 Å². The van der Waals surface area contributed by atoms with E-state index in [-0.39, 0.29) is 0 Å². The van der Waals surface area contributed by atoms with Gasteiger partial charge in [0.1, 0.15) is 5.75 Å². The van der Waals surface area contributed by atoms with E-state index in [1.165, 1.54) is 12.8 Å². The number of hydrogen-bond donors (Lipinski definition) is 2. The second-order valence-corrected chi connectivity index (χ2v) is 4.65. The average molecular weight is 235 g/mol. The van der Waals surface area contributed by atoms with Crippen molar-refractivity contribution in [2.75, 3.05) is 13.7 Å². The number of methoxy groups -OCH3 is 1. The van der Waals surface area contributed by atoms with Crippen molar-refractivity contribution >= 4 is 0 Å². The molecule has 1 saturated carbocycles. The SMILES string of the molecule is COc1cnccc1CNC(C)CNC1CC1. The van der Waals surface area contributed by atoms with E-state index in [4.69, 9.17) is 4.74 Å². The van der Waals surface area contributed by atoms with Crippen molar-refractivity contribution in [1.82, 2.24) is 15.6 Å². The van der Waals surface area contributed by atoms with E-state index in [9.17, 15) is 0 Å². The third-order valence-corrected chi connectivity index (χ3v) is 3.02. The van der Waals surface area contributed by atoms with Gasteiger partial charge >= 0.3 is 0 Å². The van der Waals surface area contributed by atoms with E-state index >= 15 is 0 Å². The highest BCUT2D eigenvalue weighted by atomic mass is 16.5. The lowest BCUT2D eigenvalue weighted by atomic mass is 10.2. The number of ether oxygens (including phenoxy) is 1. The number of nitrogens with zero attached hydrogens (tertiary/aromatic N) is 1. The van der Waals surface area contributed by atoms with Crippen molar-refractivity contribution in [3.63, 3.8) is 0 Å². The highest BCUT2D eigenvalue weighted by molar-refractivity contribution is 5.29. The second kappa shape index (κ2) is 5.98. The molecule has 2 N–H and O–H groups in total. The number of hydrogen-bond acceptors (Lipinski definition) is 4. The van der Waals surface area contributed by atoms with Crippen LogP contribution in [0.3, 0.4) is 0 Å². The maximum atomic E-state index is 5.27. The van der Waals surface area contributed by atoms with Crippen LogP contribution in [0.1, 0.15) is 25.3 Å². The van der Waals surface area contributed by atoms with Crippen LogP contribution in [0.25, 0.3) is 0 Å². The molecular formula is C13H21N3O.